The van der Waals surface area contributed by atoms with Gasteiger partial charge in [-0.25, -0.2) is 9.18 Å². The van der Waals surface area contributed by atoms with Gasteiger partial charge in [-0.3, -0.25) is 4.79 Å². The van der Waals surface area contributed by atoms with Crippen molar-refractivity contribution in [1.29, 1.82) is 0 Å². The first kappa shape index (κ1) is 15.7. The largest absolute Gasteiger partial charge is 0.462 e. The molecular formula is C17H16FNO3S. The maximum atomic E-state index is 12.9. The van der Waals surface area contributed by atoms with Crippen molar-refractivity contribution in [2.75, 3.05) is 11.9 Å². The molecule has 120 valence electrons. The Morgan fingerprint density at radius 3 is 2.61 bits per heavy atom. The fourth-order valence-electron chi connectivity index (χ4n) is 2.35. The van der Waals surface area contributed by atoms with E-state index in [1.807, 2.05) is 5.38 Å². The molecule has 1 fully saturated rings. The van der Waals surface area contributed by atoms with Gasteiger partial charge in [0.2, 0.25) is 0 Å². The Morgan fingerprint density at radius 2 is 2.00 bits per heavy atom. The van der Waals surface area contributed by atoms with E-state index >= 15 is 0 Å². The van der Waals surface area contributed by atoms with Gasteiger partial charge in [0.1, 0.15) is 10.8 Å². The van der Waals surface area contributed by atoms with Crippen molar-refractivity contribution >= 4 is 28.2 Å². The van der Waals surface area contributed by atoms with Gasteiger partial charge in [0, 0.05) is 5.56 Å². The first-order chi connectivity index (χ1) is 11.1. The van der Waals surface area contributed by atoms with E-state index in [2.05, 4.69) is 5.32 Å². The molecule has 0 aliphatic heterocycles. The Hall–Kier alpha value is -2.21. The first-order valence-corrected chi connectivity index (χ1v) is 8.33. The highest BCUT2D eigenvalue weighted by atomic mass is 32.1. The van der Waals surface area contributed by atoms with Crippen molar-refractivity contribution in [3.63, 3.8) is 0 Å². The van der Waals surface area contributed by atoms with Gasteiger partial charge in [0.15, 0.2) is 0 Å². The summed E-state index contributed by atoms with van der Waals surface area (Å²) >= 11 is 1.32. The maximum absolute atomic E-state index is 12.9. The van der Waals surface area contributed by atoms with Crippen LogP contribution in [0.4, 0.5) is 9.39 Å². The number of thiophene rings is 1. The Bertz CT molecular complexity index is 735. The van der Waals surface area contributed by atoms with Gasteiger partial charge in [-0.1, -0.05) is 0 Å². The fourth-order valence-corrected chi connectivity index (χ4v) is 3.37. The van der Waals surface area contributed by atoms with Gasteiger partial charge in [-0.15, -0.1) is 11.3 Å². The Labute approximate surface area is 137 Å². The number of nitrogens with one attached hydrogen (secondary N) is 1. The van der Waals surface area contributed by atoms with E-state index in [0.29, 0.717) is 22.0 Å². The number of carbonyl (C=O) groups excluding carboxylic acids is 2. The molecule has 0 atom stereocenters. The minimum absolute atomic E-state index is 0.282. The molecule has 0 spiro atoms. The zero-order valence-electron chi connectivity index (χ0n) is 12.6. The monoisotopic (exact) mass is 333 g/mol. The van der Waals surface area contributed by atoms with Gasteiger partial charge >= 0.3 is 5.97 Å². The van der Waals surface area contributed by atoms with Gasteiger partial charge in [0.25, 0.3) is 5.91 Å². The topological polar surface area (TPSA) is 55.4 Å². The number of carbonyl (C=O) groups is 2. The van der Waals surface area contributed by atoms with Crippen LogP contribution in [0.15, 0.2) is 29.6 Å². The minimum Gasteiger partial charge on any atom is -0.462 e. The van der Waals surface area contributed by atoms with E-state index in [1.165, 1.54) is 35.6 Å². The lowest BCUT2D eigenvalue weighted by Gasteiger charge is -2.08. The number of rotatable bonds is 5. The number of halogens is 1. The highest BCUT2D eigenvalue weighted by Gasteiger charge is 2.32. The molecule has 0 saturated heterocycles. The normalized spacial score (nSPS) is 13.7. The van der Waals surface area contributed by atoms with Crippen molar-refractivity contribution in [2.24, 2.45) is 0 Å². The Kier molecular flexibility index (Phi) is 4.43. The average molecular weight is 333 g/mol. The standard InChI is InChI=1S/C17H16FNO3S/c1-2-22-17(21)14-13(10-3-4-10)9-23-16(14)19-15(20)11-5-7-12(18)8-6-11/h5-10H,2-4H2,1H3,(H,19,20). The number of anilines is 1. The highest BCUT2D eigenvalue weighted by Crippen LogP contribution is 2.46. The van der Waals surface area contributed by atoms with Crippen LogP contribution in [0.3, 0.4) is 0 Å². The molecule has 23 heavy (non-hydrogen) atoms. The van der Waals surface area contributed by atoms with Crippen LogP contribution >= 0.6 is 11.3 Å². The van der Waals surface area contributed by atoms with Crippen LogP contribution in [0, 0.1) is 5.82 Å². The summed E-state index contributed by atoms with van der Waals surface area (Å²) in [6.45, 7) is 2.03. The number of ether oxygens (including phenoxy) is 1. The van der Waals surface area contributed by atoms with Crippen molar-refractivity contribution in [3.8, 4) is 0 Å². The molecule has 1 aliphatic carbocycles. The lowest BCUT2D eigenvalue weighted by Crippen LogP contribution is -2.15. The van der Waals surface area contributed by atoms with Gasteiger partial charge < -0.3 is 10.1 Å². The summed E-state index contributed by atoms with van der Waals surface area (Å²) in [5.41, 5.74) is 1.74. The third-order valence-electron chi connectivity index (χ3n) is 3.65. The average Bonchev–Trinajstić information content (AvgIpc) is 3.29. The molecule has 1 N–H and O–H groups in total. The summed E-state index contributed by atoms with van der Waals surface area (Å²) in [6, 6.07) is 5.27. The van der Waals surface area contributed by atoms with Crippen molar-refractivity contribution in [2.45, 2.75) is 25.7 Å². The second kappa shape index (κ2) is 6.50. The summed E-state index contributed by atoms with van der Waals surface area (Å²) in [7, 11) is 0. The predicted octanol–water partition coefficient (Wildman–Crippen LogP) is 4.19. The minimum atomic E-state index is -0.412. The molecule has 1 aliphatic rings. The molecule has 0 bridgehead atoms. The number of amides is 1. The summed E-state index contributed by atoms with van der Waals surface area (Å²) < 4.78 is 18.1. The van der Waals surface area contributed by atoms with Crippen LogP contribution in [0.25, 0.3) is 0 Å². The van der Waals surface area contributed by atoms with Crippen molar-refractivity contribution in [1.82, 2.24) is 0 Å². The second-order valence-electron chi connectivity index (χ2n) is 5.35. The second-order valence-corrected chi connectivity index (χ2v) is 6.23. The van der Waals surface area contributed by atoms with Crippen LogP contribution in [0.1, 0.15) is 52.0 Å². The van der Waals surface area contributed by atoms with E-state index in [-0.39, 0.29) is 12.5 Å². The molecule has 1 saturated carbocycles. The molecule has 4 nitrogen and oxygen atoms in total. The van der Waals surface area contributed by atoms with Crippen LogP contribution in [-0.2, 0) is 4.74 Å². The van der Waals surface area contributed by atoms with Gasteiger partial charge in [0.05, 0.1) is 12.2 Å². The molecule has 0 radical (unpaired) electrons. The Morgan fingerprint density at radius 1 is 1.30 bits per heavy atom. The number of esters is 1. The predicted molar refractivity (Wildman–Crippen MR) is 86.6 cm³/mol. The van der Waals surface area contributed by atoms with Crippen LogP contribution < -0.4 is 5.32 Å². The molecule has 0 unspecified atom stereocenters. The molecule has 3 rings (SSSR count). The lowest BCUT2D eigenvalue weighted by atomic mass is 10.1. The Balaban J connectivity index is 1.85. The summed E-state index contributed by atoms with van der Waals surface area (Å²) in [5, 5.41) is 5.14. The maximum Gasteiger partial charge on any atom is 0.341 e. The van der Waals surface area contributed by atoms with Crippen molar-refractivity contribution in [3.05, 3.63) is 52.2 Å². The quantitative estimate of drug-likeness (QED) is 0.835. The van der Waals surface area contributed by atoms with E-state index in [9.17, 15) is 14.0 Å². The van der Waals surface area contributed by atoms with Gasteiger partial charge in [-0.2, -0.15) is 0 Å². The number of hydrogen-bond acceptors (Lipinski definition) is 4. The molecule has 1 aromatic carbocycles. The first-order valence-electron chi connectivity index (χ1n) is 7.45. The van der Waals surface area contributed by atoms with E-state index in [4.69, 9.17) is 4.74 Å². The van der Waals surface area contributed by atoms with Crippen molar-refractivity contribution < 1.29 is 18.7 Å². The molecular weight excluding hydrogens is 317 g/mol. The smallest absolute Gasteiger partial charge is 0.341 e. The van der Waals surface area contributed by atoms with E-state index in [1.54, 1.807) is 6.92 Å². The molecule has 6 heteroatoms. The number of hydrogen-bond donors (Lipinski definition) is 1. The van der Waals surface area contributed by atoms with Crippen LogP contribution in [0.5, 0.6) is 0 Å². The van der Waals surface area contributed by atoms with Crippen LogP contribution in [0.2, 0.25) is 0 Å². The summed E-state index contributed by atoms with van der Waals surface area (Å²) in [6.07, 6.45) is 2.10. The summed E-state index contributed by atoms with van der Waals surface area (Å²) in [5.74, 6) is -0.812. The third-order valence-corrected chi connectivity index (χ3v) is 4.56. The molecule has 1 amide bonds. The molecule has 1 aromatic heterocycles. The molecule has 1 heterocycles. The summed E-state index contributed by atoms with van der Waals surface area (Å²) in [4.78, 5) is 24.5. The fraction of sp³-hybridized carbons (Fsp3) is 0.294. The van der Waals surface area contributed by atoms with Crippen LogP contribution in [-0.4, -0.2) is 18.5 Å². The third kappa shape index (κ3) is 3.42. The zero-order chi connectivity index (χ0) is 16.4. The zero-order valence-corrected chi connectivity index (χ0v) is 13.4. The number of benzene rings is 1. The molecule has 2 aromatic rings. The SMILES string of the molecule is CCOC(=O)c1c(C2CC2)csc1NC(=O)c1ccc(F)cc1. The highest BCUT2D eigenvalue weighted by molar-refractivity contribution is 7.15. The van der Waals surface area contributed by atoms with E-state index < -0.39 is 11.8 Å². The van der Waals surface area contributed by atoms with E-state index in [0.717, 1.165) is 18.4 Å². The van der Waals surface area contributed by atoms with Gasteiger partial charge in [-0.05, 0) is 60.9 Å². The lowest BCUT2D eigenvalue weighted by molar-refractivity contribution is 0.0527.